The fourth-order valence-electron chi connectivity index (χ4n) is 2.77. The molecule has 0 bridgehead atoms. The van der Waals surface area contributed by atoms with Crippen LogP contribution in [0.4, 0.5) is 0 Å². The van der Waals surface area contributed by atoms with Crippen LogP contribution in [0.5, 0.6) is 0 Å². The number of benzene rings is 1. The zero-order valence-electron chi connectivity index (χ0n) is 14.7. The van der Waals surface area contributed by atoms with Crippen LogP contribution in [0.2, 0.25) is 0 Å². The topological polar surface area (TPSA) is 120 Å². The van der Waals surface area contributed by atoms with Crippen molar-refractivity contribution in [3.8, 4) is 0 Å². The minimum Gasteiger partial charge on any atom is -0.376 e. The van der Waals surface area contributed by atoms with Crippen LogP contribution in [-0.2, 0) is 9.53 Å². The molecule has 0 spiro atoms. The fraction of sp³-hybridized carbons (Fsp3) is 0.389. The molecular formula is C18H22N4O3S2. The highest BCUT2D eigenvalue weighted by atomic mass is 33.1. The highest BCUT2D eigenvalue weighted by molar-refractivity contribution is 8.76. The Labute approximate surface area is 165 Å². The number of nitrogens with one attached hydrogen (secondary N) is 1. The third-order valence-electron chi connectivity index (χ3n) is 4.25. The minimum absolute atomic E-state index is 0.0963. The number of amides is 2. The summed E-state index contributed by atoms with van der Waals surface area (Å²) in [5.74, 6) is -0.259. The van der Waals surface area contributed by atoms with E-state index in [0.29, 0.717) is 17.9 Å². The highest BCUT2D eigenvalue weighted by Gasteiger charge is 2.19. The average Bonchev–Trinajstić information content (AvgIpc) is 3.19. The Morgan fingerprint density at radius 1 is 1.37 bits per heavy atom. The first kappa shape index (κ1) is 19.9. The first-order valence-electron chi connectivity index (χ1n) is 8.68. The van der Waals surface area contributed by atoms with E-state index in [1.807, 2.05) is 18.2 Å². The Balaban J connectivity index is 1.72. The van der Waals surface area contributed by atoms with Crippen molar-refractivity contribution >= 4 is 44.3 Å². The number of nitrogens with zero attached hydrogens (tertiary/aromatic N) is 1. The Kier molecular flexibility index (Phi) is 6.95. The molecule has 9 heteroatoms. The molecule has 2 amide bonds. The van der Waals surface area contributed by atoms with Gasteiger partial charge in [0.2, 0.25) is 5.91 Å². The van der Waals surface area contributed by atoms with Gasteiger partial charge < -0.3 is 21.5 Å². The zero-order valence-corrected chi connectivity index (χ0v) is 16.4. The number of aromatic nitrogens is 1. The number of rotatable bonds is 8. The van der Waals surface area contributed by atoms with E-state index in [2.05, 4.69) is 10.3 Å². The van der Waals surface area contributed by atoms with E-state index in [1.54, 1.807) is 12.3 Å². The Hall–Kier alpha value is -1.81. The molecule has 1 aromatic carbocycles. The van der Waals surface area contributed by atoms with Gasteiger partial charge in [0.1, 0.15) is 0 Å². The van der Waals surface area contributed by atoms with Crippen molar-refractivity contribution in [2.75, 3.05) is 18.9 Å². The SMILES string of the molecule is NC(=O)[C@@H](N)CSSc1ccc(C(=O)NCC2CCCO2)c2cccnc12. The second kappa shape index (κ2) is 9.41. The predicted molar refractivity (Wildman–Crippen MR) is 109 cm³/mol. The predicted octanol–water partition coefficient (Wildman–Crippen LogP) is 1.70. The molecule has 1 aliphatic heterocycles. The molecule has 144 valence electrons. The van der Waals surface area contributed by atoms with Crippen molar-refractivity contribution in [3.63, 3.8) is 0 Å². The molecule has 1 saturated heterocycles. The maximum atomic E-state index is 12.6. The van der Waals surface area contributed by atoms with Crippen LogP contribution in [0.3, 0.4) is 0 Å². The van der Waals surface area contributed by atoms with Crippen LogP contribution in [-0.4, -0.2) is 47.8 Å². The van der Waals surface area contributed by atoms with E-state index < -0.39 is 11.9 Å². The third-order valence-corrected chi connectivity index (χ3v) is 6.68. The molecular weight excluding hydrogens is 384 g/mol. The molecule has 2 atom stereocenters. The van der Waals surface area contributed by atoms with E-state index in [-0.39, 0.29) is 12.0 Å². The van der Waals surface area contributed by atoms with Crippen molar-refractivity contribution in [2.24, 2.45) is 11.5 Å². The van der Waals surface area contributed by atoms with E-state index in [0.717, 1.165) is 35.2 Å². The molecule has 7 nitrogen and oxygen atoms in total. The number of fused-ring (bicyclic) bond motifs is 1. The Bertz CT molecular complexity index is 827. The monoisotopic (exact) mass is 406 g/mol. The fourth-order valence-corrected chi connectivity index (χ4v) is 5.07. The highest BCUT2D eigenvalue weighted by Crippen LogP contribution is 2.36. The summed E-state index contributed by atoms with van der Waals surface area (Å²) < 4.78 is 5.55. The Morgan fingerprint density at radius 2 is 2.22 bits per heavy atom. The van der Waals surface area contributed by atoms with Crippen LogP contribution in [0, 0.1) is 0 Å². The lowest BCUT2D eigenvalue weighted by Crippen LogP contribution is -2.38. The minimum atomic E-state index is -0.690. The van der Waals surface area contributed by atoms with Gasteiger partial charge in [-0.3, -0.25) is 14.6 Å². The van der Waals surface area contributed by atoms with Gasteiger partial charge in [-0.2, -0.15) is 0 Å². The van der Waals surface area contributed by atoms with E-state index in [1.165, 1.54) is 21.6 Å². The largest absolute Gasteiger partial charge is 0.376 e. The number of ether oxygens (including phenoxy) is 1. The summed E-state index contributed by atoms with van der Waals surface area (Å²) in [5.41, 5.74) is 12.2. The maximum absolute atomic E-state index is 12.6. The van der Waals surface area contributed by atoms with Crippen molar-refractivity contribution in [2.45, 2.75) is 29.9 Å². The van der Waals surface area contributed by atoms with E-state index in [9.17, 15) is 9.59 Å². The van der Waals surface area contributed by atoms with Gasteiger partial charge >= 0.3 is 0 Å². The van der Waals surface area contributed by atoms with Crippen molar-refractivity contribution in [1.29, 1.82) is 0 Å². The summed E-state index contributed by atoms with van der Waals surface area (Å²) >= 11 is 0. The van der Waals surface area contributed by atoms with Crippen LogP contribution < -0.4 is 16.8 Å². The van der Waals surface area contributed by atoms with Crippen LogP contribution >= 0.6 is 21.6 Å². The molecule has 2 heterocycles. The smallest absolute Gasteiger partial charge is 0.252 e. The number of hydrogen-bond donors (Lipinski definition) is 3. The number of hydrogen-bond acceptors (Lipinski definition) is 7. The average molecular weight is 407 g/mol. The van der Waals surface area contributed by atoms with Crippen molar-refractivity contribution in [3.05, 3.63) is 36.0 Å². The molecule has 0 saturated carbocycles. The van der Waals surface area contributed by atoms with Gasteiger partial charge in [0, 0.05) is 40.9 Å². The summed E-state index contributed by atoms with van der Waals surface area (Å²) in [7, 11) is 2.90. The standard InChI is InChI=1S/C18H22N4O3S2/c19-14(17(20)23)10-26-27-15-6-5-13(12-4-1-7-21-16(12)15)18(24)22-9-11-3-2-8-25-11/h1,4-7,11,14H,2-3,8-10,19H2,(H2,20,23)(H,22,24)/t11?,14-/m0/s1. The van der Waals surface area contributed by atoms with Crippen LogP contribution in [0.1, 0.15) is 23.2 Å². The van der Waals surface area contributed by atoms with Gasteiger partial charge in [-0.15, -0.1) is 0 Å². The summed E-state index contributed by atoms with van der Waals surface area (Å²) in [4.78, 5) is 29.0. The summed E-state index contributed by atoms with van der Waals surface area (Å²) in [5, 5.41) is 3.74. The summed E-state index contributed by atoms with van der Waals surface area (Å²) in [6, 6.07) is 6.66. The van der Waals surface area contributed by atoms with Gasteiger partial charge in [0.15, 0.2) is 0 Å². The van der Waals surface area contributed by atoms with Gasteiger partial charge in [-0.25, -0.2) is 0 Å². The van der Waals surface area contributed by atoms with Gasteiger partial charge in [0.05, 0.1) is 17.7 Å². The van der Waals surface area contributed by atoms with E-state index in [4.69, 9.17) is 16.2 Å². The zero-order chi connectivity index (χ0) is 19.2. The second-order valence-corrected chi connectivity index (χ2v) is 8.62. The first-order valence-corrected chi connectivity index (χ1v) is 11.0. The quantitative estimate of drug-likeness (QED) is 0.571. The summed E-state index contributed by atoms with van der Waals surface area (Å²) in [6.45, 7) is 1.27. The number of nitrogens with two attached hydrogens (primary N) is 2. The number of primary amides is 1. The molecule has 3 rings (SSSR count). The molecule has 0 aliphatic carbocycles. The lowest BCUT2D eigenvalue weighted by atomic mass is 10.1. The molecule has 27 heavy (non-hydrogen) atoms. The van der Waals surface area contributed by atoms with Gasteiger partial charge in [0.25, 0.3) is 5.91 Å². The molecule has 5 N–H and O–H groups in total. The molecule has 2 aromatic rings. The second-order valence-electron chi connectivity index (χ2n) is 6.23. The molecule has 0 radical (unpaired) electrons. The van der Waals surface area contributed by atoms with Crippen LogP contribution in [0.15, 0.2) is 35.4 Å². The van der Waals surface area contributed by atoms with Crippen molar-refractivity contribution < 1.29 is 14.3 Å². The first-order chi connectivity index (χ1) is 13.1. The van der Waals surface area contributed by atoms with Gasteiger partial charge in [-0.05, 0) is 31.0 Å². The Morgan fingerprint density at radius 3 is 2.96 bits per heavy atom. The van der Waals surface area contributed by atoms with Gasteiger partial charge in [-0.1, -0.05) is 27.7 Å². The number of pyridine rings is 1. The lowest BCUT2D eigenvalue weighted by molar-refractivity contribution is -0.118. The molecule has 1 aliphatic rings. The van der Waals surface area contributed by atoms with Crippen LogP contribution in [0.25, 0.3) is 10.9 Å². The molecule has 1 aromatic heterocycles. The van der Waals surface area contributed by atoms with E-state index >= 15 is 0 Å². The third kappa shape index (κ3) is 5.13. The number of carbonyl (C=O) groups excluding carboxylic acids is 2. The van der Waals surface area contributed by atoms with Crippen molar-refractivity contribution in [1.82, 2.24) is 10.3 Å². The number of carbonyl (C=O) groups is 2. The molecule has 1 unspecified atom stereocenters. The lowest BCUT2D eigenvalue weighted by Gasteiger charge is -2.13. The normalized spacial score (nSPS) is 17.7. The summed E-state index contributed by atoms with van der Waals surface area (Å²) in [6.07, 6.45) is 3.80. The molecule has 1 fully saturated rings. The maximum Gasteiger partial charge on any atom is 0.252 e.